The Morgan fingerprint density at radius 3 is 2.22 bits per heavy atom. The number of carbonyl (C=O) groups excluding carboxylic acids is 1. The van der Waals surface area contributed by atoms with E-state index in [1.54, 1.807) is 13.0 Å². The van der Waals surface area contributed by atoms with Crippen LogP contribution in [-0.4, -0.2) is 12.6 Å². The van der Waals surface area contributed by atoms with Gasteiger partial charge in [0, 0.05) is 11.8 Å². The van der Waals surface area contributed by atoms with E-state index in [2.05, 4.69) is 13.8 Å². The van der Waals surface area contributed by atoms with Crippen molar-refractivity contribution in [3.63, 3.8) is 0 Å². The third-order valence-electron chi connectivity index (χ3n) is 2.83. The fraction of sp³-hybridized carbons (Fsp3) is 0.400. The van der Waals surface area contributed by atoms with Gasteiger partial charge in [-0.15, -0.1) is 0 Å². The van der Waals surface area contributed by atoms with E-state index in [9.17, 15) is 4.79 Å². The summed E-state index contributed by atoms with van der Waals surface area (Å²) in [6, 6.07) is 4.04. The maximum atomic E-state index is 11.3. The molecule has 3 nitrogen and oxygen atoms in total. The van der Waals surface area contributed by atoms with Crippen LogP contribution in [0.25, 0.3) is 6.08 Å². The van der Waals surface area contributed by atoms with Gasteiger partial charge in [0.1, 0.15) is 0 Å². The standard InChI is InChI=1S/C15H21NO2/c1-4-12-9-11(7-8-14(17)18-6-3)10-13(5-2)15(12)16/h7-10H,4-6,16H2,1-3H3. The van der Waals surface area contributed by atoms with E-state index < -0.39 is 0 Å². The number of ether oxygens (including phenoxy) is 1. The summed E-state index contributed by atoms with van der Waals surface area (Å²) in [5.41, 5.74) is 10.2. The smallest absolute Gasteiger partial charge is 0.330 e. The van der Waals surface area contributed by atoms with Gasteiger partial charge in [-0.25, -0.2) is 4.79 Å². The predicted molar refractivity (Wildman–Crippen MR) is 75.3 cm³/mol. The molecule has 0 heterocycles. The first-order valence-corrected chi connectivity index (χ1v) is 6.38. The lowest BCUT2D eigenvalue weighted by molar-refractivity contribution is -0.137. The zero-order chi connectivity index (χ0) is 13.5. The molecule has 2 N–H and O–H groups in total. The Kier molecular flexibility index (Phi) is 5.43. The van der Waals surface area contributed by atoms with Crippen molar-refractivity contribution in [2.75, 3.05) is 12.3 Å². The van der Waals surface area contributed by atoms with Crippen LogP contribution in [0, 0.1) is 0 Å². The van der Waals surface area contributed by atoms with Crippen molar-refractivity contribution in [3.05, 3.63) is 34.9 Å². The van der Waals surface area contributed by atoms with Gasteiger partial charge in [0.05, 0.1) is 6.61 Å². The lowest BCUT2D eigenvalue weighted by Gasteiger charge is -2.10. The van der Waals surface area contributed by atoms with Crippen LogP contribution in [0.2, 0.25) is 0 Å². The zero-order valence-electron chi connectivity index (χ0n) is 11.3. The van der Waals surface area contributed by atoms with Crippen molar-refractivity contribution in [1.82, 2.24) is 0 Å². The topological polar surface area (TPSA) is 52.3 Å². The Bertz CT molecular complexity index is 425. The normalized spacial score (nSPS) is 10.8. The van der Waals surface area contributed by atoms with Crippen molar-refractivity contribution in [2.24, 2.45) is 0 Å². The molecule has 0 unspecified atom stereocenters. The molecule has 0 amide bonds. The quantitative estimate of drug-likeness (QED) is 0.494. The minimum absolute atomic E-state index is 0.314. The van der Waals surface area contributed by atoms with Gasteiger partial charge >= 0.3 is 5.97 Å². The molecule has 0 atom stereocenters. The van der Waals surface area contributed by atoms with E-state index >= 15 is 0 Å². The SMILES string of the molecule is CCOC(=O)C=Cc1cc(CC)c(N)c(CC)c1. The van der Waals surface area contributed by atoms with E-state index in [0.717, 1.165) is 35.2 Å². The molecule has 0 spiro atoms. The maximum Gasteiger partial charge on any atom is 0.330 e. The second kappa shape index (κ2) is 6.84. The van der Waals surface area contributed by atoms with Crippen molar-refractivity contribution in [1.29, 1.82) is 0 Å². The number of aryl methyl sites for hydroxylation is 2. The zero-order valence-corrected chi connectivity index (χ0v) is 11.3. The summed E-state index contributed by atoms with van der Waals surface area (Å²) in [4.78, 5) is 11.3. The predicted octanol–water partition coefficient (Wildman–Crippen LogP) is 2.97. The molecule has 0 saturated carbocycles. The van der Waals surface area contributed by atoms with E-state index in [-0.39, 0.29) is 5.97 Å². The highest BCUT2D eigenvalue weighted by atomic mass is 16.5. The van der Waals surface area contributed by atoms with Crippen LogP contribution in [0.3, 0.4) is 0 Å². The minimum Gasteiger partial charge on any atom is -0.463 e. The first-order chi connectivity index (χ1) is 8.62. The number of hydrogen-bond donors (Lipinski definition) is 1. The highest BCUT2D eigenvalue weighted by molar-refractivity contribution is 5.87. The largest absolute Gasteiger partial charge is 0.463 e. The molecule has 0 aliphatic heterocycles. The minimum atomic E-state index is -0.314. The summed E-state index contributed by atoms with van der Waals surface area (Å²) >= 11 is 0. The van der Waals surface area contributed by atoms with Gasteiger partial charge in [-0.05, 0) is 54.7 Å². The van der Waals surface area contributed by atoms with Crippen molar-refractivity contribution in [2.45, 2.75) is 33.6 Å². The Balaban J connectivity index is 2.99. The Hall–Kier alpha value is -1.77. The number of hydrogen-bond acceptors (Lipinski definition) is 3. The number of benzene rings is 1. The molecule has 1 aromatic carbocycles. The first kappa shape index (κ1) is 14.3. The highest BCUT2D eigenvalue weighted by Crippen LogP contribution is 2.22. The van der Waals surface area contributed by atoms with Crippen molar-refractivity contribution in [3.8, 4) is 0 Å². The van der Waals surface area contributed by atoms with Crippen LogP contribution >= 0.6 is 0 Å². The molecule has 0 aromatic heterocycles. The Labute approximate surface area is 109 Å². The average molecular weight is 247 g/mol. The van der Waals surface area contributed by atoms with Gasteiger partial charge < -0.3 is 10.5 Å². The second-order valence-corrected chi connectivity index (χ2v) is 4.05. The molecule has 98 valence electrons. The summed E-state index contributed by atoms with van der Waals surface area (Å²) in [6.07, 6.45) is 5.00. The molecule has 3 heteroatoms. The van der Waals surface area contributed by atoms with Gasteiger partial charge in [-0.3, -0.25) is 0 Å². The summed E-state index contributed by atoms with van der Waals surface area (Å²) in [5.74, 6) is -0.314. The second-order valence-electron chi connectivity index (χ2n) is 4.05. The fourth-order valence-electron chi connectivity index (χ4n) is 1.84. The van der Waals surface area contributed by atoms with E-state index in [1.807, 2.05) is 12.1 Å². The Morgan fingerprint density at radius 2 is 1.78 bits per heavy atom. The molecule has 0 bridgehead atoms. The van der Waals surface area contributed by atoms with E-state index in [0.29, 0.717) is 6.61 Å². The summed E-state index contributed by atoms with van der Waals surface area (Å²) in [7, 11) is 0. The van der Waals surface area contributed by atoms with Gasteiger partial charge in [0.25, 0.3) is 0 Å². The summed E-state index contributed by atoms with van der Waals surface area (Å²) in [6.45, 7) is 6.33. The molecule has 0 aliphatic carbocycles. The van der Waals surface area contributed by atoms with Crippen LogP contribution in [0.4, 0.5) is 5.69 Å². The lowest BCUT2D eigenvalue weighted by atomic mass is 9.99. The first-order valence-electron chi connectivity index (χ1n) is 6.38. The van der Waals surface area contributed by atoms with Gasteiger partial charge in [-0.2, -0.15) is 0 Å². The number of nitrogens with two attached hydrogens (primary N) is 1. The molecule has 18 heavy (non-hydrogen) atoms. The highest BCUT2D eigenvalue weighted by Gasteiger charge is 2.04. The molecule has 0 fully saturated rings. The van der Waals surface area contributed by atoms with Crippen molar-refractivity contribution < 1.29 is 9.53 Å². The van der Waals surface area contributed by atoms with Crippen LogP contribution in [0.5, 0.6) is 0 Å². The van der Waals surface area contributed by atoms with Crippen molar-refractivity contribution >= 4 is 17.7 Å². The van der Waals surface area contributed by atoms with E-state index in [1.165, 1.54) is 6.08 Å². The molecular weight excluding hydrogens is 226 g/mol. The Morgan fingerprint density at radius 1 is 1.22 bits per heavy atom. The van der Waals surface area contributed by atoms with Crippen LogP contribution in [0.1, 0.15) is 37.5 Å². The van der Waals surface area contributed by atoms with E-state index in [4.69, 9.17) is 10.5 Å². The molecule has 0 aliphatic rings. The van der Waals surface area contributed by atoms with Crippen LogP contribution in [-0.2, 0) is 22.4 Å². The average Bonchev–Trinajstić information content (AvgIpc) is 2.37. The summed E-state index contributed by atoms with van der Waals surface area (Å²) in [5, 5.41) is 0. The fourth-order valence-corrected chi connectivity index (χ4v) is 1.84. The molecular formula is C15H21NO2. The third-order valence-corrected chi connectivity index (χ3v) is 2.83. The number of esters is 1. The van der Waals surface area contributed by atoms with Gasteiger partial charge in [0.2, 0.25) is 0 Å². The molecule has 1 aromatic rings. The van der Waals surface area contributed by atoms with Gasteiger partial charge in [0.15, 0.2) is 0 Å². The van der Waals surface area contributed by atoms with Crippen LogP contribution < -0.4 is 5.73 Å². The van der Waals surface area contributed by atoms with Gasteiger partial charge in [-0.1, -0.05) is 13.8 Å². The number of anilines is 1. The molecule has 0 radical (unpaired) electrons. The lowest BCUT2D eigenvalue weighted by Crippen LogP contribution is -2.01. The maximum absolute atomic E-state index is 11.3. The number of carbonyl (C=O) groups is 1. The number of nitrogen functional groups attached to an aromatic ring is 1. The number of rotatable bonds is 5. The molecule has 1 rings (SSSR count). The molecule has 0 saturated heterocycles. The third kappa shape index (κ3) is 3.62. The van der Waals surface area contributed by atoms with Crippen LogP contribution in [0.15, 0.2) is 18.2 Å². The monoisotopic (exact) mass is 247 g/mol. The summed E-state index contributed by atoms with van der Waals surface area (Å²) < 4.78 is 4.85.